The van der Waals surface area contributed by atoms with Crippen LogP contribution in [0.15, 0.2) is 12.1 Å². The summed E-state index contributed by atoms with van der Waals surface area (Å²) in [5, 5.41) is 18.4. The zero-order valence-corrected chi connectivity index (χ0v) is 9.08. The smallest absolute Gasteiger partial charge is 0.310 e. The minimum absolute atomic E-state index is 0.108. The second-order valence-corrected chi connectivity index (χ2v) is 3.51. The Balaban J connectivity index is 3.24. The van der Waals surface area contributed by atoms with Crippen LogP contribution >= 0.6 is 11.6 Å². The summed E-state index contributed by atoms with van der Waals surface area (Å²) in [6, 6.07) is 2.70. The first-order valence-electron chi connectivity index (χ1n) is 4.26. The molecule has 0 saturated carbocycles. The summed E-state index contributed by atoms with van der Waals surface area (Å²) >= 11 is 5.82. The molecule has 1 aromatic carbocycles. The van der Waals surface area contributed by atoms with E-state index < -0.39 is 11.9 Å². The van der Waals surface area contributed by atoms with Gasteiger partial charge in [0.05, 0.1) is 13.0 Å². The van der Waals surface area contributed by atoms with Gasteiger partial charge in [0, 0.05) is 11.1 Å². The number of carboxylic acid groups (broad SMARTS) is 1. The lowest BCUT2D eigenvalue weighted by molar-refractivity contribution is -0.138. The minimum Gasteiger partial charge on any atom is -0.504 e. The van der Waals surface area contributed by atoms with Crippen molar-refractivity contribution < 1.29 is 19.7 Å². The summed E-state index contributed by atoms with van der Waals surface area (Å²) in [5.41, 5.74) is 0.416. The molecule has 0 fully saturated rings. The van der Waals surface area contributed by atoms with Crippen molar-refractivity contribution in [3.63, 3.8) is 0 Å². The fraction of sp³-hybridized carbons (Fsp3) is 0.300. The molecule has 15 heavy (non-hydrogen) atoms. The second kappa shape index (κ2) is 4.40. The summed E-state index contributed by atoms with van der Waals surface area (Å²) in [5.74, 6) is -1.62. The van der Waals surface area contributed by atoms with Crippen molar-refractivity contribution in [3.05, 3.63) is 22.7 Å². The summed E-state index contributed by atoms with van der Waals surface area (Å²) in [6.07, 6.45) is 0. The molecule has 0 spiro atoms. The molecule has 2 N–H and O–H groups in total. The average Bonchev–Trinajstić information content (AvgIpc) is 2.17. The molecule has 0 saturated heterocycles. The van der Waals surface area contributed by atoms with Crippen molar-refractivity contribution >= 4 is 17.6 Å². The lowest BCUT2D eigenvalue weighted by atomic mass is 10.0. The standard InChI is InChI=1S/C10H11ClO4/c1-5(10(13)14)6-3-9(15-2)8(12)4-7(6)11/h3-5,12H,1-2H3,(H,13,14). The Morgan fingerprint density at radius 1 is 1.53 bits per heavy atom. The van der Waals surface area contributed by atoms with Crippen molar-refractivity contribution in [1.82, 2.24) is 0 Å². The van der Waals surface area contributed by atoms with Gasteiger partial charge in [-0.25, -0.2) is 0 Å². The number of hydrogen-bond acceptors (Lipinski definition) is 3. The number of halogens is 1. The number of carbonyl (C=O) groups is 1. The molecule has 4 nitrogen and oxygen atoms in total. The number of ether oxygens (including phenoxy) is 1. The van der Waals surface area contributed by atoms with Crippen molar-refractivity contribution in [2.45, 2.75) is 12.8 Å². The molecule has 1 aromatic rings. The number of hydrogen-bond donors (Lipinski definition) is 2. The third-order valence-electron chi connectivity index (χ3n) is 2.14. The summed E-state index contributed by atoms with van der Waals surface area (Å²) in [7, 11) is 1.39. The molecule has 1 unspecified atom stereocenters. The zero-order chi connectivity index (χ0) is 11.6. The highest BCUT2D eigenvalue weighted by molar-refractivity contribution is 6.31. The van der Waals surface area contributed by atoms with Crippen LogP contribution in [0, 0.1) is 0 Å². The molecule has 5 heteroatoms. The Morgan fingerprint density at radius 3 is 2.60 bits per heavy atom. The van der Waals surface area contributed by atoms with E-state index in [4.69, 9.17) is 21.4 Å². The van der Waals surface area contributed by atoms with Crippen LogP contribution < -0.4 is 4.74 Å². The molecule has 0 aliphatic rings. The van der Waals surface area contributed by atoms with E-state index in [2.05, 4.69) is 0 Å². The Bertz CT molecular complexity index is 389. The molecule has 0 amide bonds. The van der Waals surface area contributed by atoms with Gasteiger partial charge in [-0.05, 0) is 18.6 Å². The van der Waals surface area contributed by atoms with Crippen LogP contribution in [0.1, 0.15) is 18.4 Å². The fourth-order valence-corrected chi connectivity index (χ4v) is 1.51. The van der Waals surface area contributed by atoms with Crippen LogP contribution in [-0.2, 0) is 4.79 Å². The predicted molar refractivity (Wildman–Crippen MR) is 55.7 cm³/mol. The average molecular weight is 231 g/mol. The van der Waals surface area contributed by atoms with Crippen molar-refractivity contribution in [3.8, 4) is 11.5 Å². The minimum atomic E-state index is -0.982. The number of benzene rings is 1. The number of phenolic OH excluding ortho intramolecular Hbond substituents is 1. The number of phenols is 1. The summed E-state index contributed by atoms with van der Waals surface area (Å²) in [6.45, 7) is 1.51. The van der Waals surface area contributed by atoms with Gasteiger partial charge in [0.2, 0.25) is 0 Å². The van der Waals surface area contributed by atoms with Gasteiger partial charge in [-0.3, -0.25) is 4.79 Å². The zero-order valence-electron chi connectivity index (χ0n) is 8.32. The molecule has 0 aliphatic heterocycles. The third-order valence-corrected chi connectivity index (χ3v) is 2.46. The van der Waals surface area contributed by atoms with E-state index in [1.165, 1.54) is 26.2 Å². The van der Waals surface area contributed by atoms with Gasteiger partial charge in [-0.1, -0.05) is 11.6 Å². The van der Waals surface area contributed by atoms with Gasteiger partial charge in [-0.2, -0.15) is 0 Å². The maximum atomic E-state index is 10.8. The molecule has 82 valence electrons. The highest BCUT2D eigenvalue weighted by Crippen LogP contribution is 2.35. The third kappa shape index (κ3) is 2.33. The van der Waals surface area contributed by atoms with Gasteiger partial charge in [0.25, 0.3) is 0 Å². The summed E-state index contributed by atoms with van der Waals surface area (Å²) < 4.78 is 4.87. The van der Waals surface area contributed by atoms with E-state index in [0.717, 1.165) is 0 Å². The van der Waals surface area contributed by atoms with Crippen LogP contribution in [0.2, 0.25) is 5.02 Å². The Kier molecular flexibility index (Phi) is 3.42. The molecule has 0 heterocycles. The lowest BCUT2D eigenvalue weighted by Crippen LogP contribution is -2.08. The number of aliphatic carboxylic acids is 1. The number of rotatable bonds is 3. The molecule has 0 aromatic heterocycles. The van der Waals surface area contributed by atoms with Gasteiger partial charge >= 0.3 is 5.97 Å². The molecule has 1 rings (SSSR count). The Hall–Kier alpha value is -1.42. The first-order chi connectivity index (χ1) is 6.97. The van der Waals surface area contributed by atoms with E-state index in [0.29, 0.717) is 5.56 Å². The molecular formula is C10H11ClO4. The van der Waals surface area contributed by atoms with Crippen molar-refractivity contribution in [2.75, 3.05) is 7.11 Å². The van der Waals surface area contributed by atoms with Crippen molar-refractivity contribution in [2.24, 2.45) is 0 Å². The molecule has 0 aliphatic carbocycles. The first kappa shape index (κ1) is 11.7. The normalized spacial score (nSPS) is 12.2. The largest absolute Gasteiger partial charge is 0.504 e. The van der Waals surface area contributed by atoms with E-state index in [-0.39, 0.29) is 16.5 Å². The highest BCUT2D eigenvalue weighted by atomic mass is 35.5. The number of aromatic hydroxyl groups is 1. The second-order valence-electron chi connectivity index (χ2n) is 3.11. The topological polar surface area (TPSA) is 66.8 Å². The Morgan fingerprint density at radius 2 is 2.13 bits per heavy atom. The van der Waals surface area contributed by atoms with Gasteiger partial charge in [-0.15, -0.1) is 0 Å². The van der Waals surface area contributed by atoms with Crippen LogP contribution in [0.3, 0.4) is 0 Å². The van der Waals surface area contributed by atoms with Crippen LogP contribution in [0.25, 0.3) is 0 Å². The fourth-order valence-electron chi connectivity index (χ4n) is 1.19. The quantitative estimate of drug-likeness (QED) is 0.836. The van der Waals surface area contributed by atoms with Gasteiger partial charge in [0.1, 0.15) is 0 Å². The predicted octanol–water partition coefficient (Wildman–Crippen LogP) is 2.24. The monoisotopic (exact) mass is 230 g/mol. The highest BCUT2D eigenvalue weighted by Gasteiger charge is 2.19. The Labute approximate surface area is 92.1 Å². The van der Waals surface area contributed by atoms with Crippen LogP contribution in [0.5, 0.6) is 11.5 Å². The molecular weight excluding hydrogens is 220 g/mol. The lowest BCUT2D eigenvalue weighted by Gasteiger charge is -2.12. The van der Waals surface area contributed by atoms with Gasteiger partial charge in [0.15, 0.2) is 11.5 Å². The van der Waals surface area contributed by atoms with Crippen LogP contribution in [0.4, 0.5) is 0 Å². The van der Waals surface area contributed by atoms with E-state index in [1.807, 2.05) is 0 Å². The van der Waals surface area contributed by atoms with Gasteiger partial charge < -0.3 is 14.9 Å². The molecule has 1 atom stereocenters. The van der Waals surface area contributed by atoms with E-state index >= 15 is 0 Å². The molecule has 0 bridgehead atoms. The first-order valence-corrected chi connectivity index (χ1v) is 4.64. The molecule has 0 radical (unpaired) electrons. The maximum absolute atomic E-state index is 10.8. The maximum Gasteiger partial charge on any atom is 0.310 e. The van der Waals surface area contributed by atoms with Crippen molar-refractivity contribution in [1.29, 1.82) is 0 Å². The number of methoxy groups -OCH3 is 1. The number of carboxylic acids is 1. The summed E-state index contributed by atoms with van der Waals surface area (Å²) in [4.78, 5) is 10.8. The van der Waals surface area contributed by atoms with E-state index in [9.17, 15) is 9.90 Å². The van der Waals surface area contributed by atoms with Crippen LogP contribution in [-0.4, -0.2) is 23.3 Å². The SMILES string of the molecule is COc1cc(C(C)C(=O)O)c(Cl)cc1O. The van der Waals surface area contributed by atoms with E-state index in [1.54, 1.807) is 0 Å².